The van der Waals surface area contributed by atoms with Crippen molar-refractivity contribution in [1.82, 2.24) is 0 Å². The SMILES string of the molecule is CCC1=CC(c2ccccc2C)=CC1. The summed E-state index contributed by atoms with van der Waals surface area (Å²) in [5.74, 6) is 0. The summed E-state index contributed by atoms with van der Waals surface area (Å²) >= 11 is 0. The highest BCUT2D eigenvalue weighted by Crippen LogP contribution is 2.29. The van der Waals surface area contributed by atoms with Gasteiger partial charge in [0.1, 0.15) is 0 Å². The number of benzene rings is 1. The van der Waals surface area contributed by atoms with Crippen molar-refractivity contribution in [3.05, 3.63) is 53.1 Å². The lowest BCUT2D eigenvalue weighted by Gasteiger charge is -2.03. The molecule has 0 amide bonds. The van der Waals surface area contributed by atoms with Gasteiger partial charge >= 0.3 is 0 Å². The molecule has 0 fully saturated rings. The lowest BCUT2D eigenvalue weighted by molar-refractivity contribution is 1.05. The molecular formula is C14H16. The lowest BCUT2D eigenvalue weighted by atomic mass is 10.0. The van der Waals surface area contributed by atoms with Crippen molar-refractivity contribution in [3.63, 3.8) is 0 Å². The molecule has 0 heterocycles. The van der Waals surface area contributed by atoms with Crippen LogP contribution in [0, 0.1) is 6.92 Å². The molecule has 0 aliphatic heterocycles. The Morgan fingerprint density at radius 3 is 2.64 bits per heavy atom. The molecular weight excluding hydrogens is 168 g/mol. The molecule has 0 atom stereocenters. The minimum absolute atomic E-state index is 1.14. The number of rotatable bonds is 2. The van der Waals surface area contributed by atoms with E-state index in [0.717, 1.165) is 6.42 Å². The summed E-state index contributed by atoms with van der Waals surface area (Å²) < 4.78 is 0. The molecule has 0 saturated carbocycles. The Labute approximate surface area is 86.0 Å². The number of aryl methyl sites for hydroxylation is 1. The van der Waals surface area contributed by atoms with Crippen LogP contribution in [0.2, 0.25) is 0 Å². The second-order valence-corrected chi connectivity index (χ2v) is 3.83. The minimum atomic E-state index is 1.14. The van der Waals surface area contributed by atoms with Crippen LogP contribution in [-0.4, -0.2) is 0 Å². The zero-order chi connectivity index (χ0) is 9.97. The van der Waals surface area contributed by atoms with Crippen LogP contribution in [0.5, 0.6) is 0 Å². The monoisotopic (exact) mass is 184 g/mol. The Hall–Kier alpha value is -1.30. The third-order valence-electron chi connectivity index (χ3n) is 2.85. The summed E-state index contributed by atoms with van der Waals surface area (Å²) in [4.78, 5) is 0. The molecule has 0 spiro atoms. The third-order valence-corrected chi connectivity index (χ3v) is 2.85. The minimum Gasteiger partial charge on any atom is -0.0726 e. The van der Waals surface area contributed by atoms with E-state index in [-0.39, 0.29) is 0 Å². The first-order valence-electron chi connectivity index (χ1n) is 5.27. The highest BCUT2D eigenvalue weighted by molar-refractivity contribution is 5.79. The average molecular weight is 184 g/mol. The predicted octanol–water partition coefficient (Wildman–Crippen LogP) is 4.12. The fraction of sp³-hybridized carbons (Fsp3) is 0.286. The Morgan fingerprint density at radius 1 is 1.21 bits per heavy atom. The van der Waals surface area contributed by atoms with Gasteiger partial charge in [-0.25, -0.2) is 0 Å². The molecule has 0 unspecified atom stereocenters. The molecule has 0 bridgehead atoms. The van der Waals surface area contributed by atoms with Crippen LogP contribution in [0.3, 0.4) is 0 Å². The molecule has 0 saturated heterocycles. The van der Waals surface area contributed by atoms with Crippen LogP contribution >= 0.6 is 0 Å². The van der Waals surface area contributed by atoms with E-state index in [2.05, 4.69) is 50.3 Å². The molecule has 1 aromatic rings. The Bertz CT molecular complexity index is 394. The van der Waals surface area contributed by atoms with Crippen LogP contribution in [0.15, 0.2) is 42.0 Å². The first-order valence-corrected chi connectivity index (χ1v) is 5.27. The number of allylic oxidation sites excluding steroid dienone is 4. The van der Waals surface area contributed by atoms with Gasteiger partial charge in [-0.05, 0) is 36.5 Å². The lowest BCUT2D eigenvalue weighted by Crippen LogP contribution is -1.83. The zero-order valence-corrected chi connectivity index (χ0v) is 8.88. The van der Waals surface area contributed by atoms with E-state index in [4.69, 9.17) is 0 Å². The van der Waals surface area contributed by atoms with Crippen molar-refractivity contribution in [2.45, 2.75) is 26.7 Å². The van der Waals surface area contributed by atoms with Gasteiger partial charge < -0.3 is 0 Å². The maximum Gasteiger partial charge on any atom is -0.0126 e. The van der Waals surface area contributed by atoms with Gasteiger partial charge in [0.15, 0.2) is 0 Å². The molecule has 0 N–H and O–H groups in total. The van der Waals surface area contributed by atoms with Crippen molar-refractivity contribution in [2.75, 3.05) is 0 Å². The van der Waals surface area contributed by atoms with Gasteiger partial charge in [-0.2, -0.15) is 0 Å². The van der Waals surface area contributed by atoms with E-state index in [9.17, 15) is 0 Å². The first kappa shape index (κ1) is 9.26. The van der Waals surface area contributed by atoms with E-state index < -0.39 is 0 Å². The van der Waals surface area contributed by atoms with Crippen molar-refractivity contribution in [3.8, 4) is 0 Å². The normalized spacial score (nSPS) is 15.3. The Kier molecular flexibility index (Phi) is 2.53. The van der Waals surface area contributed by atoms with Gasteiger partial charge in [0.25, 0.3) is 0 Å². The maximum absolute atomic E-state index is 2.34. The van der Waals surface area contributed by atoms with Crippen LogP contribution in [-0.2, 0) is 0 Å². The average Bonchev–Trinajstić information content (AvgIpc) is 2.67. The molecule has 0 aromatic heterocycles. The van der Waals surface area contributed by atoms with Gasteiger partial charge in [-0.15, -0.1) is 0 Å². The fourth-order valence-electron chi connectivity index (χ4n) is 1.91. The van der Waals surface area contributed by atoms with Gasteiger partial charge in [0.2, 0.25) is 0 Å². The fourth-order valence-corrected chi connectivity index (χ4v) is 1.91. The quantitative estimate of drug-likeness (QED) is 0.648. The largest absolute Gasteiger partial charge is 0.0726 e. The Morgan fingerprint density at radius 2 is 2.00 bits per heavy atom. The van der Waals surface area contributed by atoms with E-state index in [1.807, 2.05) is 0 Å². The zero-order valence-electron chi connectivity index (χ0n) is 8.88. The van der Waals surface area contributed by atoms with Crippen LogP contribution < -0.4 is 0 Å². The molecule has 0 radical (unpaired) electrons. The van der Waals surface area contributed by atoms with E-state index in [1.165, 1.54) is 23.1 Å². The van der Waals surface area contributed by atoms with Crippen molar-refractivity contribution in [2.24, 2.45) is 0 Å². The number of hydrogen-bond acceptors (Lipinski definition) is 0. The second-order valence-electron chi connectivity index (χ2n) is 3.83. The number of hydrogen-bond donors (Lipinski definition) is 0. The molecule has 2 rings (SSSR count). The summed E-state index contributed by atoms with van der Waals surface area (Å²) in [6, 6.07) is 8.59. The van der Waals surface area contributed by atoms with Gasteiger partial charge in [-0.3, -0.25) is 0 Å². The third kappa shape index (κ3) is 1.65. The van der Waals surface area contributed by atoms with E-state index in [1.54, 1.807) is 5.57 Å². The first-order chi connectivity index (χ1) is 6.81. The Balaban J connectivity index is 2.34. The van der Waals surface area contributed by atoms with Crippen LogP contribution in [0.25, 0.3) is 5.57 Å². The standard InChI is InChI=1S/C14H16/c1-3-12-8-9-13(10-12)14-7-5-4-6-11(14)2/h4-7,9-10H,3,8H2,1-2H3. The highest BCUT2D eigenvalue weighted by Gasteiger charge is 2.08. The van der Waals surface area contributed by atoms with E-state index >= 15 is 0 Å². The predicted molar refractivity (Wildman–Crippen MR) is 62.1 cm³/mol. The molecule has 1 aliphatic rings. The van der Waals surface area contributed by atoms with Gasteiger partial charge in [0, 0.05) is 0 Å². The highest BCUT2D eigenvalue weighted by atomic mass is 14.1. The van der Waals surface area contributed by atoms with Gasteiger partial charge in [0.05, 0.1) is 0 Å². The summed E-state index contributed by atoms with van der Waals surface area (Å²) in [6.07, 6.45) is 6.98. The molecule has 1 aromatic carbocycles. The molecule has 72 valence electrons. The van der Waals surface area contributed by atoms with Crippen LogP contribution in [0.4, 0.5) is 0 Å². The molecule has 0 nitrogen and oxygen atoms in total. The molecule has 1 aliphatic carbocycles. The maximum atomic E-state index is 2.34. The van der Waals surface area contributed by atoms with Gasteiger partial charge in [-0.1, -0.05) is 48.9 Å². The van der Waals surface area contributed by atoms with Crippen molar-refractivity contribution >= 4 is 5.57 Å². The second kappa shape index (κ2) is 3.83. The van der Waals surface area contributed by atoms with Crippen molar-refractivity contribution in [1.29, 1.82) is 0 Å². The molecule has 0 heteroatoms. The summed E-state index contributed by atoms with van der Waals surface area (Å²) in [5, 5.41) is 0. The summed E-state index contributed by atoms with van der Waals surface area (Å²) in [6.45, 7) is 4.40. The topological polar surface area (TPSA) is 0 Å². The summed E-state index contributed by atoms with van der Waals surface area (Å²) in [5.41, 5.74) is 5.70. The van der Waals surface area contributed by atoms with Crippen molar-refractivity contribution < 1.29 is 0 Å². The molecule has 14 heavy (non-hydrogen) atoms. The summed E-state index contributed by atoms with van der Waals surface area (Å²) in [7, 11) is 0. The van der Waals surface area contributed by atoms with Crippen LogP contribution in [0.1, 0.15) is 30.9 Å². The smallest absolute Gasteiger partial charge is 0.0126 e. The van der Waals surface area contributed by atoms with E-state index in [0.29, 0.717) is 0 Å².